The van der Waals surface area contributed by atoms with E-state index < -0.39 is 11.9 Å². The summed E-state index contributed by atoms with van der Waals surface area (Å²) in [6, 6.07) is 16.9. The van der Waals surface area contributed by atoms with Crippen molar-refractivity contribution in [1.29, 1.82) is 0 Å². The second-order valence-corrected chi connectivity index (χ2v) is 11.7. The molecule has 1 saturated carbocycles. The van der Waals surface area contributed by atoms with E-state index in [0.29, 0.717) is 77.2 Å². The van der Waals surface area contributed by atoms with Crippen LogP contribution in [0.3, 0.4) is 0 Å². The van der Waals surface area contributed by atoms with Gasteiger partial charge >= 0.3 is 11.9 Å². The standard InChI is InChI=1S/C38H52O10/c1-30(2)36(39)47-28-24-43-20-18-41-22-26-45-34-12-8-32(9-13-34)38(16-6-5-7-17-38)33-10-14-35(15-11-33)46-27-23-42-19-21-44-25-29-48-37(40)31(3)4/h8-15H,1,3,5-7,16-29H2,2,4H3. The third-order valence-corrected chi connectivity index (χ3v) is 7.88. The van der Waals surface area contributed by atoms with Crippen molar-refractivity contribution in [3.63, 3.8) is 0 Å². The fraction of sp³-hybridized carbons (Fsp3) is 0.526. The Labute approximate surface area is 285 Å². The van der Waals surface area contributed by atoms with E-state index in [1.165, 1.54) is 30.4 Å². The number of rotatable bonds is 24. The Morgan fingerprint density at radius 3 is 1.21 bits per heavy atom. The number of ether oxygens (including phenoxy) is 8. The number of carbonyl (C=O) groups excluding carboxylic acids is 2. The Morgan fingerprint density at radius 1 is 0.521 bits per heavy atom. The van der Waals surface area contributed by atoms with Gasteiger partial charge < -0.3 is 37.9 Å². The van der Waals surface area contributed by atoms with Gasteiger partial charge in [-0.1, -0.05) is 56.7 Å². The first-order valence-electron chi connectivity index (χ1n) is 16.7. The monoisotopic (exact) mass is 668 g/mol. The fourth-order valence-electron chi connectivity index (χ4n) is 5.35. The molecule has 2 aromatic rings. The van der Waals surface area contributed by atoms with E-state index >= 15 is 0 Å². The van der Waals surface area contributed by atoms with E-state index in [1.807, 2.05) is 24.3 Å². The molecule has 0 heterocycles. The van der Waals surface area contributed by atoms with E-state index in [9.17, 15) is 9.59 Å². The van der Waals surface area contributed by atoms with Crippen LogP contribution in [0.5, 0.6) is 11.5 Å². The third kappa shape index (κ3) is 13.8. The minimum Gasteiger partial charge on any atom is -0.491 e. The lowest BCUT2D eigenvalue weighted by molar-refractivity contribution is -0.141. The summed E-state index contributed by atoms with van der Waals surface area (Å²) in [5.41, 5.74) is 3.31. The third-order valence-electron chi connectivity index (χ3n) is 7.88. The van der Waals surface area contributed by atoms with Gasteiger partial charge in [0.25, 0.3) is 0 Å². The first kappa shape index (κ1) is 38.7. The minimum absolute atomic E-state index is 0.0345. The van der Waals surface area contributed by atoms with E-state index in [2.05, 4.69) is 37.4 Å². The SMILES string of the molecule is C=C(C)C(=O)OCCOCCOCCOc1ccc(C2(c3ccc(OCCOCCOCCOC(=O)C(=C)C)cc3)CCCCC2)cc1. The van der Waals surface area contributed by atoms with Gasteiger partial charge in [0.1, 0.15) is 37.9 Å². The van der Waals surface area contributed by atoms with E-state index in [4.69, 9.17) is 37.9 Å². The molecule has 0 radical (unpaired) electrons. The lowest BCUT2D eigenvalue weighted by atomic mass is 9.65. The Balaban J connectivity index is 1.34. The van der Waals surface area contributed by atoms with Gasteiger partial charge in [-0.05, 0) is 62.1 Å². The number of benzene rings is 2. The van der Waals surface area contributed by atoms with Crippen LogP contribution in [-0.2, 0) is 43.4 Å². The summed E-state index contributed by atoms with van der Waals surface area (Å²) < 4.78 is 43.8. The van der Waals surface area contributed by atoms with Crippen molar-refractivity contribution in [2.75, 3.05) is 79.3 Å². The molecule has 10 nitrogen and oxygen atoms in total. The van der Waals surface area contributed by atoms with Crippen LogP contribution in [0.2, 0.25) is 0 Å². The van der Waals surface area contributed by atoms with Gasteiger partial charge in [-0.25, -0.2) is 9.59 Å². The molecule has 48 heavy (non-hydrogen) atoms. The van der Waals surface area contributed by atoms with Crippen molar-refractivity contribution in [2.45, 2.75) is 51.4 Å². The molecule has 0 atom stereocenters. The first-order chi connectivity index (χ1) is 23.3. The molecule has 264 valence electrons. The Kier molecular flexibility index (Phi) is 17.8. The molecule has 2 aromatic carbocycles. The Bertz CT molecular complexity index is 1160. The van der Waals surface area contributed by atoms with Gasteiger partial charge in [-0.3, -0.25) is 0 Å². The molecule has 1 aliphatic carbocycles. The van der Waals surface area contributed by atoms with Crippen LogP contribution in [-0.4, -0.2) is 91.2 Å². The summed E-state index contributed by atoms with van der Waals surface area (Å²) in [6.45, 7) is 14.8. The molecule has 0 N–H and O–H groups in total. The predicted molar refractivity (Wildman–Crippen MR) is 183 cm³/mol. The van der Waals surface area contributed by atoms with Crippen LogP contribution < -0.4 is 9.47 Å². The maximum Gasteiger partial charge on any atom is 0.333 e. The summed E-state index contributed by atoms with van der Waals surface area (Å²) in [5.74, 6) is 0.800. The molecule has 0 saturated heterocycles. The largest absolute Gasteiger partial charge is 0.491 e. The molecule has 0 bridgehead atoms. The zero-order chi connectivity index (χ0) is 34.5. The topological polar surface area (TPSA) is 108 Å². The summed E-state index contributed by atoms with van der Waals surface area (Å²) >= 11 is 0. The van der Waals surface area contributed by atoms with Gasteiger partial charge in [0.2, 0.25) is 0 Å². The molecular weight excluding hydrogens is 616 g/mol. The van der Waals surface area contributed by atoms with Gasteiger partial charge in [0, 0.05) is 16.6 Å². The van der Waals surface area contributed by atoms with Crippen molar-refractivity contribution in [2.24, 2.45) is 0 Å². The number of hydrogen-bond acceptors (Lipinski definition) is 10. The summed E-state index contributed by atoms with van der Waals surface area (Å²) in [5, 5.41) is 0. The van der Waals surface area contributed by atoms with Gasteiger partial charge in [0.05, 0.1) is 52.9 Å². The van der Waals surface area contributed by atoms with Gasteiger partial charge in [-0.2, -0.15) is 0 Å². The number of carbonyl (C=O) groups is 2. The highest BCUT2D eigenvalue weighted by Gasteiger charge is 2.35. The molecule has 0 unspecified atom stereocenters. The molecule has 3 rings (SSSR count). The molecular formula is C38H52O10. The molecule has 0 spiro atoms. The van der Waals surface area contributed by atoms with Crippen molar-refractivity contribution in [3.8, 4) is 11.5 Å². The summed E-state index contributed by atoms with van der Waals surface area (Å²) in [4.78, 5) is 22.6. The van der Waals surface area contributed by atoms with E-state index in [1.54, 1.807) is 13.8 Å². The van der Waals surface area contributed by atoms with Gasteiger partial charge in [0.15, 0.2) is 0 Å². The Hall–Kier alpha value is -3.70. The highest BCUT2D eigenvalue weighted by Crippen LogP contribution is 2.45. The first-order valence-corrected chi connectivity index (χ1v) is 16.7. The molecule has 1 aliphatic rings. The number of esters is 2. The maximum absolute atomic E-state index is 11.3. The molecule has 1 fully saturated rings. The lowest BCUT2D eigenvalue weighted by Crippen LogP contribution is -2.30. The van der Waals surface area contributed by atoms with Crippen molar-refractivity contribution in [3.05, 3.63) is 84.0 Å². The smallest absolute Gasteiger partial charge is 0.333 e. The fourth-order valence-corrected chi connectivity index (χ4v) is 5.35. The van der Waals surface area contributed by atoms with Gasteiger partial charge in [-0.15, -0.1) is 0 Å². The second kappa shape index (κ2) is 22.0. The normalized spacial score (nSPS) is 13.8. The Morgan fingerprint density at radius 2 is 0.854 bits per heavy atom. The maximum atomic E-state index is 11.3. The van der Waals surface area contributed by atoms with Crippen LogP contribution >= 0.6 is 0 Å². The van der Waals surface area contributed by atoms with Crippen LogP contribution in [0.4, 0.5) is 0 Å². The van der Waals surface area contributed by atoms with E-state index in [0.717, 1.165) is 24.3 Å². The molecule has 0 amide bonds. The zero-order valence-electron chi connectivity index (χ0n) is 28.6. The van der Waals surface area contributed by atoms with Crippen LogP contribution in [0, 0.1) is 0 Å². The highest BCUT2D eigenvalue weighted by atomic mass is 16.6. The molecule has 0 aliphatic heterocycles. The average molecular weight is 669 g/mol. The van der Waals surface area contributed by atoms with Crippen molar-refractivity contribution >= 4 is 11.9 Å². The van der Waals surface area contributed by atoms with Crippen molar-refractivity contribution < 1.29 is 47.5 Å². The quantitative estimate of drug-likeness (QED) is 0.0751. The molecule has 0 aromatic heterocycles. The predicted octanol–water partition coefficient (Wildman–Crippen LogP) is 6.00. The van der Waals surface area contributed by atoms with Crippen molar-refractivity contribution in [1.82, 2.24) is 0 Å². The minimum atomic E-state index is -0.411. The van der Waals surface area contributed by atoms with Crippen LogP contribution in [0.15, 0.2) is 72.8 Å². The molecule has 10 heteroatoms. The second-order valence-electron chi connectivity index (χ2n) is 11.7. The van der Waals surface area contributed by atoms with Crippen LogP contribution in [0.1, 0.15) is 57.1 Å². The summed E-state index contributed by atoms with van der Waals surface area (Å²) in [6.07, 6.45) is 5.85. The summed E-state index contributed by atoms with van der Waals surface area (Å²) in [7, 11) is 0. The zero-order valence-corrected chi connectivity index (χ0v) is 28.6. The lowest BCUT2D eigenvalue weighted by Gasteiger charge is -2.38. The average Bonchev–Trinajstić information content (AvgIpc) is 3.10. The van der Waals surface area contributed by atoms with Crippen LogP contribution in [0.25, 0.3) is 0 Å². The highest BCUT2D eigenvalue weighted by molar-refractivity contribution is 5.87. The number of hydrogen-bond donors (Lipinski definition) is 0. The van der Waals surface area contributed by atoms with E-state index in [-0.39, 0.29) is 18.6 Å².